The van der Waals surface area contributed by atoms with Crippen molar-refractivity contribution in [1.29, 1.82) is 0 Å². The Kier molecular flexibility index (Phi) is 7.11. The lowest BCUT2D eigenvalue weighted by molar-refractivity contribution is 0.201. The lowest BCUT2D eigenvalue weighted by Crippen LogP contribution is -2.50. The fraction of sp³-hybridized carbons (Fsp3) is 0.562. The monoisotopic (exact) mass is 312 g/mol. The van der Waals surface area contributed by atoms with Crippen LogP contribution in [-0.2, 0) is 6.42 Å². The maximum absolute atomic E-state index is 13.3. The predicted molar refractivity (Wildman–Crippen MR) is 83.6 cm³/mol. The van der Waals surface area contributed by atoms with Gasteiger partial charge in [0.2, 0.25) is 0 Å². The minimum Gasteiger partial charge on any atom is -0.494 e. The Morgan fingerprint density at radius 2 is 2.18 bits per heavy atom. The third-order valence-electron chi connectivity index (χ3n) is 3.77. The first kappa shape index (κ1) is 18.2. The number of hydrogen-bond acceptors (Lipinski definition) is 3. The van der Waals surface area contributed by atoms with Gasteiger partial charge in [-0.15, -0.1) is 0 Å². The standard InChI is InChI=1S/C16H25FN2O3/c1-4-16(2,8-10-20)19-15(21)18-9-7-12-5-6-13(17)14(11-12)22-3/h5-6,11,20H,4,7-10H2,1-3H3,(H2,18,19,21). The number of aliphatic hydroxyl groups is 1. The van der Waals surface area contributed by atoms with Crippen LogP contribution in [0, 0.1) is 5.82 Å². The van der Waals surface area contributed by atoms with Gasteiger partial charge in [-0.25, -0.2) is 9.18 Å². The van der Waals surface area contributed by atoms with Crippen molar-refractivity contribution in [2.45, 2.75) is 38.6 Å². The first-order valence-corrected chi connectivity index (χ1v) is 7.43. The summed E-state index contributed by atoms with van der Waals surface area (Å²) in [5.41, 5.74) is 0.463. The molecule has 1 rings (SSSR count). The van der Waals surface area contributed by atoms with Crippen LogP contribution in [0.2, 0.25) is 0 Å². The molecule has 0 bridgehead atoms. The van der Waals surface area contributed by atoms with Crippen LogP contribution in [0.1, 0.15) is 32.3 Å². The summed E-state index contributed by atoms with van der Waals surface area (Å²) in [6, 6.07) is 4.37. The van der Waals surface area contributed by atoms with Crippen molar-refractivity contribution in [3.05, 3.63) is 29.6 Å². The molecular weight excluding hydrogens is 287 g/mol. The summed E-state index contributed by atoms with van der Waals surface area (Å²) in [5, 5.41) is 14.7. The first-order chi connectivity index (χ1) is 10.4. The fourth-order valence-electron chi connectivity index (χ4n) is 2.07. The Morgan fingerprint density at radius 1 is 1.45 bits per heavy atom. The highest BCUT2D eigenvalue weighted by atomic mass is 19.1. The highest BCUT2D eigenvalue weighted by Gasteiger charge is 2.23. The van der Waals surface area contributed by atoms with Gasteiger partial charge in [0.15, 0.2) is 11.6 Å². The number of urea groups is 1. The van der Waals surface area contributed by atoms with E-state index in [1.54, 1.807) is 12.1 Å². The van der Waals surface area contributed by atoms with E-state index in [1.807, 2.05) is 13.8 Å². The molecule has 0 heterocycles. The average molecular weight is 312 g/mol. The third-order valence-corrected chi connectivity index (χ3v) is 3.77. The number of carbonyl (C=O) groups is 1. The van der Waals surface area contributed by atoms with Gasteiger partial charge in [0.25, 0.3) is 0 Å². The summed E-state index contributed by atoms with van der Waals surface area (Å²) >= 11 is 0. The second-order valence-corrected chi connectivity index (χ2v) is 5.49. The zero-order valence-corrected chi connectivity index (χ0v) is 13.4. The third kappa shape index (κ3) is 5.52. The minimum absolute atomic E-state index is 0.0278. The summed E-state index contributed by atoms with van der Waals surface area (Å²) < 4.78 is 18.2. The van der Waals surface area contributed by atoms with E-state index in [0.717, 1.165) is 12.0 Å². The molecule has 6 heteroatoms. The fourth-order valence-corrected chi connectivity index (χ4v) is 2.07. The SMILES string of the molecule is CCC(C)(CCO)NC(=O)NCCc1ccc(F)c(OC)c1. The number of benzene rings is 1. The van der Waals surface area contributed by atoms with Crippen molar-refractivity contribution in [1.82, 2.24) is 10.6 Å². The maximum Gasteiger partial charge on any atom is 0.315 e. The Morgan fingerprint density at radius 3 is 2.77 bits per heavy atom. The van der Waals surface area contributed by atoms with Crippen LogP contribution < -0.4 is 15.4 Å². The van der Waals surface area contributed by atoms with E-state index < -0.39 is 11.4 Å². The van der Waals surface area contributed by atoms with Crippen molar-refractivity contribution in [3.63, 3.8) is 0 Å². The van der Waals surface area contributed by atoms with E-state index >= 15 is 0 Å². The first-order valence-electron chi connectivity index (χ1n) is 7.43. The van der Waals surface area contributed by atoms with Gasteiger partial charge in [-0.1, -0.05) is 13.0 Å². The van der Waals surface area contributed by atoms with E-state index in [4.69, 9.17) is 9.84 Å². The molecule has 1 atom stereocenters. The Bertz CT molecular complexity index is 496. The van der Waals surface area contributed by atoms with Crippen LogP contribution >= 0.6 is 0 Å². The van der Waals surface area contributed by atoms with Crippen molar-refractivity contribution in [2.75, 3.05) is 20.3 Å². The van der Waals surface area contributed by atoms with Gasteiger partial charge in [-0.2, -0.15) is 0 Å². The predicted octanol–water partition coefficient (Wildman–Crippen LogP) is 2.23. The van der Waals surface area contributed by atoms with Crippen LogP contribution in [0.5, 0.6) is 5.75 Å². The number of amides is 2. The van der Waals surface area contributed by atoms with E-state index in [2.05, 4.69) is 10.6 Å². The molecule has 0 aromatic heterocycles. The average Bonchev–Trinajstić information content (AvgIpc) is 2.49. The molecule has 0 aliphatic rings. The van der Waals surface area contributed by atoms with E-state index in [9.17, 15) is 9.18 Å². The molecule has 0 fully saturated rings. The zero-order valence-electron chi connectivity index (χ0n) is 13.4. The Balaban J connectivity index is 2.45. The molecule has 5 nitrogen and oxygen atoms in total. The summed E-state index contributed by atoms with van der Waals surface area (Å²) in [6.07, 6.45) is 1.81. The van der Waals surface area contributed by atoms with Gasteiger partial charge in [0.1, 0.15) is 0 Å². The van der Waals surface area contributed by atoms with Crippen molar-refractivity contribution >= 4 is 6.03 Å². The van der Waals surface area contributed by atoms with Crippen molar-refractivity contribution in [2.24, 2.45) is 0 Å². The van der Waals surface area contributed by atoms with Crippen LogP contribution in [0.4, 0.5) is 9.18 Å². The number of hydrogen-bond donors (Lipinski definition) is 3. The molecule has 0 spiro atoms. The quantitative estimate of drug-likeness (QED) is 0.689. The lowest BCUT2D eigenvalue weighted by atomic mass is 9.95. The second-order valence-electron chi connectivity index (χ2n) is 5.49. The van der Waals surface area contributed by atoms with Crippen LogP contribution in [0.3, 0.4) is 0 Å². The summed E-state index contributed by atoms with van der Waals surface area (Å²) in [4.78, 5) is 11.9. The van der Waals surface area contributed by atoms with E-state index in [0.29, 0.717) is 19.4 Å². The van der Waals surface area contributed by atoms with Gasteiger partial charge < -0.3 is 20.5 Å². The molecule has 2 amide bonds. The lowest BCUT2D eigenvalue weighted by Gasteiger charge is -2.29. The van der Waals surface area contributed by atoms with Crippen LogP contribution in [0.15, 0.2) is 18.2 Å². The smallest absolute Gasteiger partial charge is 0.315 e. The molecule has 0 aliphatic carbocycles. The van der Waals surface area contributed by atoms with Crippen LogP contribution in [-0.4, -0.2) is 36.9 Å². The summed E-state index contributed by atoms with van der Waals surface area (Å²) in [7, 11) is 1.42. The number of carbonyl (C=O) groups excluding carboxylic acids is 1. The molecule has 1 unspecified atom stereocenters. The Labute approximate surface area is 130 Å². The Hall–Kier alpha value is -1.82. The largest absolute Gasteiger partial charge is 0.494 e. The maximum atomic E-state index is 13.3. The normalized spacial score (nSPS) is 13.3. The van der Waals surface area contributed by atoms with Gasteiger partial charge in [-0.05, 0) is 43.9 Å². The highest BCUT2D eigenvalue weighted by Crippen LogP contribution is 2.18. The number of rotatable bonds is 8. The number of aliphatic hydroxyl groups excluding tert-OH is 1. The van der Waals surface area contributed by atoms with Gasteiger partial charge >= 0.3 is 6.03 Å². The topological polar surface area (TPSA) is 70.6 Å². The van der Waals surface area contributed by atoms with Crippen LogP contribution in [0.25, 0.3) is 0 Å². The van der Waals surface area contributed by atoms with Gasteiger partial charge in [0, 0.05) is 18.7 Å². The molecule has 1 aromatic rings. The molecule has 22 heavy (non-hydrogen) atoms. The molecule has 0 radical (unpaired) electrons. The highest BCUT2D eigenvalue weighted by molar-refractivity contribution is 5.74. The molecule has 0 saturated heterocycles. The molecule has 1 aromatic carbocycles. The molecule has 124 valence electrons. The van der Waals surface area contributed by atoms with E-state index in [-0.39, 0.29) is 18.4 Å². The van der Waals surface area contributed by atoms with Crippen molar-refractivity contribution < 1.29 is 19.0 Å². The van der Waals surface area contributed by atoms with Gasteiger partial charge in [-0.3, -0.25) is 0 Å². The second kappa shape index (κ2) is 8.58. The number of nitrogens with one attached hydrogen (secondary N) is 2. The molecule has 3 N–H and O–H groups in total. The summed E-state index contributed by atoms with van der Waals surface area (Å²) in [5.74, 6) is -0.205. The number of halogens is 1. The number of methoxy groups -OCH3 is 1. The number of ether oxygens (including phenoxy) is 1. The zero-order chi connectivity index (χ0) is 16.6. The molecule has 0 saturated carbocycles. The van der Waals surface area contributed by atoms with Gasteiger partial charge in [0.05, 0.1) is 7.11 Å². The van der Waals surface area contributed by atoms with E-state index in [1.165, 1.54) is 13.2 Å². The molecular formula is C16H25FN2O3. The molecule has 0 aliphatic heterocycles. The summed E-state index contributed by atoms with van der Waals surface area (Å²) in [6.45, 7) is 4.31. The van der Waals surface area contributed by atoms with Crippen molar-refractivity contribution in [3.8, 4) is 5.75 Å². The minimum atomic E-state index is -0.419.